The number of carbonyl (C=O) groups is 1. The number of carbonyl (C=O) groups excluding carboxylic acids is 1. The third-order valence-electron chi connectivity index (χ3n) is 3.31. The summed E-state index contributed by atoms with van der Waals surface area (Å²) in [6, 6.07) is 7.35. The predicted molar refractivity (Wildman–Crippen MR) is 78.0 cm³/mol. The van der Waals surface area contributed by atoms with Gasteiger partial charge in [0, 0.05) is 26.2 Å². The Kier molecular flexibility index (Phi) is 4.84. The van der Waals surface area contributed by atoms with E-state index >= 15 is 0 Å². The minimum absolute atomic E-state index is 0.0648. The number of piperazine rings is 1. The highest BCUT2D eigenvalue weighted by Crippen LogP contribution is 2.27. The highest BCUT2D eigenvalue weighted by atomic mass is 16.5. The van der Waals surface area contributed by atoms with Gasteiger partial charge in [0.1, 0.15) is 5.75 Å². The second-order valence-electron chi connectivity index (χ2n) is 5.29. The Hall–Kier alpha value is -1.75. The van der Waals surface area contributed by atoms with Gasteiger partial charge in [-0.15, -0.1) is 0 Å². The summed E-state index contributed by atoms with van der Waals surface area (Å²) in [4.78, 5) is 15.8. The first-order chi connectivity index (χ1) is 9.56. The summed E-state index contributed by atoms with van der Waals surface area (Å²) < 4.78 is 5.15. The number of para-hydroxylation sites is 2. The van der Waals surface area contributed by atoms with Crippen LogP contribution in [0.15, 0.2) is 24.3 Å². The lowest BCUT2D eigenvalue weighted by Crippen LogP contribution is -2.48. The zero-order valence-corrected chi connectivity index (χ0v) is 12.1. The van der Waals surface area contributed by atoms with Crippen LogP contribution in [0.5, 0.6) is 5.75 Å². The van der Waals surface area contributed by atoms with Gasteiger partial charge < -0.3 is 14.7 Å². The maximum atomic E-state index is 11.6. The van der Waals surface area contributed by atoms with Crippen molar-refractivity contribution in [2.45, 2.75) is 20.0 Å². The number of phenolic OH excluding ortho intramolecular Hbond substituents is 1. The van der Waals surface area contributed by atoms with E-state index in [1.165, 1.54) is 0 Å². The highest BCUT2D eigenvalue weighted by Gasteiger charge is 2.21. The van der Waals surface area contributed by atoms with Crippen LogP contribution in [0.4, 0.5) is 5.69 Å². The largest absolute Gasteiger partial charge is 0.506 e. The molecule has 1 aliphatic rings. The Morgan fingerprint density at radius 2 is 1.90 bits per heavy atom. The van der Waals surface area contributed by atoms with Crippen molar-refractivity contribution in [3.05, 3.63) is 24.3 Å². The first-order valence-electron chi connectivity index (χ1n) is 7.01. The van der Waals surface area contributed by atoms with Gasteiger partial charge in [0.25, 0.3) is 0 Å². The quantitative estimate of drug-likeness (QED) is 0.845. The molecule has 1 N–H and O–H groups in total. The summed E-state index contributed by atoms with van der Waals surface area (Å²) in [6.45, 7) is 7.23. The molecule has 0 spiro atoms. The van der Waals surface area contributed by atoms with Gasteiger partial charge in [0.15, 0.2) is 0 Å². The van der Waals surface area contributed by atoms with Gasteiger partial charge in [0.2, 0.25) is 0 Å². The first-order valence-corrected chi connectivity index (χ1v) is 7.01. The van der Waals surface area contributed by atoms with E-state index in [1.54, 1.807) is 6.07 Å². The van der Waals surface area contributed by atoms with Crippen molar-refractivity contribution >= 4 is 11.7 Å². The molecular weight excluding hydrogens is 256 g/mol. The van der Waals surface area contributed by atoms with Crippen LogP contribution in [0.25, 0.3) is 0 Å². The van der Waals surface area contributed by atoms with Crippen molar-refractivity contribution in [3.63, 3.8) is 0 Å². The highest BCUT2D eigenvalue weighted by molar-refractivity contribution is 5.71. The van der Waals surface area contributed by atoms with E-state index in [1.807, 2.05) is 32.0 Å². The van der Waals surface area contributed by atoms with Gasteiger partial charge in [-0.2, -0.15) is 0 Å². The van der Waals surface area contributed by atoms with Gasteiger partial charge in [-0.1, -0.05) is 12.1 Å². The van der Waals surface area contributed by atoms with E-state index in [-0.39, 0.29) is 12.1 Å². The number of ether oxygens (including phenoxy) is 1. The molecule has 0 bridgehead atoms. The molecular formula is C15H22N2O3. The fourth-order valence-electron chi connectivity index (χ4n) is 2.36. The Bertz CT molecular complexity index is 454. The maximum Gasteiger partial charge on any atom is 0.320 e. The van der Waals surface area contributed by atoms with Crippen LogP contribution < -0.4 is 4.90 Å². The Balaban J connectivity index is 1.84. The lowest BCUT2D eigenvalue weighted by Gasteiger charge is -2.35. The predicted octanol–water partition coefficient (Wildman–Crippen LogP) is 1.47. The first kappa shape index (κ1) is 14.7. The van der Waals surface area contributed by atoms with Crippen molar-refractivity contribution in [3.8, 4) is 5.75 Å². The van der Waals surface area contributed by atoms with E-state index in [4.69, 9.17) is 4.74 Å². The lowest BCUT2D eigenvalue weighted by atomic mass is 10.2. The number of phenols is 1. The van der Waals surface area contributed by atoms with Gasteiger partial charge >= 0.3 is 5.97 Å². The number of nitrogens with zero attached hydrogens (tertiary/aromatic N) is 2. The summed E-state index contributed by atoms with van der Waals surface area (Å²) in [5, 5.41) is 9.84. The van der Waals surface area contributed by atoms with E-state index in [0.717, 1.165) is 31.9 Å². The molecule has 0 atom stereocenters. The molecule has 0 aliphatic carbocycles. The van der Waals surface area contributed by atoms with Crippen LogP contribution in [0.2, 0.25) is 0 Å². The molecule has 5 nitrogen and oxygen atoms in total. The number of rotatable bonds is 4. The SMILES string of the molecule is CC(C)OC(=O)CN1CCN(c2ccccc2O)CC1. The van der Waals surface area contributed by atoms with E-state index in [0.29, 0.717) is 12.3 Å². The average Bonchev–Trinajstić information content (AvgIpc) is 2.39. The fourth-order valence-corrected chi connectivity index (χ4v) is 2.36. The van der Waals surface area contributed by atoms with Crippen LogP contribution in [0.1, 0.15) is 13.8 Å². The van der Waals surface area contributed by atoms with Gasteiger partial charge in [0.05, 0.1) is 18.3 Å². The molecule has 0 radical (unpaired) electrons. The fraction of sp³-hybridized carbons (Fsp3) is 0.533. The van der Waals surface area contributed by atoms with Crippen LogP contribution in [0.3, 0.4) is 0 Å². The normalized spacial score (nSPS) is 16.4. The van der Waals surface area contributed by atoms with Crippen molar-refractivity contribution in [2.24, 2.45) is 0 Å². The zero-order valence-electron chi connectivity index (χ0n) is 12.1. The summed E-state index contributed by atoms with van der Waals surface area (Å²) in [5.41, 5.74) is 0.858. The third-order valence-corrected chi connectivity index (χ3v) is 3.31. The second-order valence-corrected chi connectivity index (χ2v) is 5.29. The molecule has 0 unspecified atom stereocenters. The van der Waals surface area contributed by atoms with E-state index < -0.39 is 0 Å². The molecule has 20 heavy (non-hydrogen) atoms. The van der Waals surface area contributed by atoms with Gasteiger partial charge in [-0.3, -0.25) is 9.69 Å². The minimum atomic E-state index is -0.170. The van der Waals surface area contributed by atoms with Gasteiger partial charge in [-0.25, -0.2) is 0 Å². The molecule has 1 aliphatic heterocycles. The molecule has 1 saturated heterocycles. The Labute approximate surface area is 119 Å². The number of aromatic hydroxyl groups is 1. The number of hydrogen-bond donors (Lipinski definition) is 1. The molecule has 0 saturated carbocycles. The van der Waals surface area contributed by atoms with Crippen LogP contribution in [0, 0.1) is 0 Å². The lowest BCUT2D eigenvalue weighted by molar-refractivity contribution is -0.148. The number of anilines is 1. The van der Waals surface area contributed by atoms with Crippen molar-refractivity contribution < 1.29 is 14.6 Å². The average molecular weight is 278 g/mol. The van der Waals surface area contributed by atoms with Crippen LogP contribution in [-0.4, -0.2) is 54.8 Å². The molecule has 1 heterocycles. The monoisotopic (exact) mass is 278 g/mol. The smallest absolute Gasteiger partial charge is 0.320 e. The van der Waals surface area contributed by atoms with Crippen LogP contribution >= 0.6 is 0 Å². The van der Waals surface area contributed by atoms with Crippen molar-refractivity contribution in [1.29, 1.82) is 0 Å². The van der Waals surface area contributed by atoms with Gasteiger partial charge in [-0.05, 0) is 26.0 Å². The molecule has 2 rings (SSSR count). The minimum Gasteiger partial charge on any atom is -0.506 e. The molecule has 0 aromatic heterocycles. The molecule has 5 heteroatoms. The molecule has 0 amide bonds. The van der Waals surface area contributed by atoms with Crippen molar-refractivity contribution in [1.82, 2.24) is 4.90 Å². The third kappa shape index (κ3) is 3.87. The second kappa shape index (κ2) is 6.61. The summed E-state index contributed by atoms with van der Waals surface area (Å²) >= 11 is 0. The number of hydrogen-bond acceptors (Lipinski definition) is 5. The Morgan fingerprint density at radius 1 is 1.25 bits per heavy atom. The summed E-state index contributed by atoms with van der Waals surface area (Å²) in [7, 11) is 0. The van der Waals surface area contributed by atoms with Crippen molar-refractivity contribution in [2.75, 3.05) is 37.6 Å². The standard InChI is InChI=1S/C15H22N2O3/c1-12(2)20-15(19)11-16-7-9-17(10-8-16)13-5-3-4-6-14(13)18/h3-6,12,18H,7-11H2,1-2H3. The van der Waals surface area contributed by atoms with Crippen LogP contribution in [-0.2, 0) is 9.53 Å². The molecule has 110 valence electrons. The number of esters is 1. The maximum absolute atomic E-state index is 11.6. The molecule has 1 aromatic rings. The number of benzene rings is 1. The summed E-state index contributed by atoms with van der Waals surface area (Å²) in [6.07, 6.45) is -0.0648. The van der Waals surface area contributed by atoms with E-state index in [2.05, 4.69) is 9.80 Å². The topological polar surface area (TPSA) is 53.0 Å². The molecule has 1 aromatic carbocycles. The zero-order chi connectivity index (χ0) is 14.5. The molecule has 1 fully saturated rings. The summed E-state index contributed by atoms with van der Waals surface area (Å²) in [5.74, 6) is 0.135. The van der Waals surface area contributed by atoms with E-state index in [9.17, 15) is 9.90 Å². The Morgan fingerprint density at radius 3 is 2.50 bits per heavy atom.